The second-order valence-corrected chi connectivity index (χ2v) is 4.55. The minimum absolute atomic E-state index is 0.243. The number of hydrogen-bond donors (Lipinski definition) is 1. The summed E-state index contributed by atoms with van der Waals surface area (Å²) in [5, 5.41) is 3.55. The number of imidazole rings is 1. The Bertz CT molecular complexity index is 289. The van der Waals surface area contributed by atoms with E-state index in [1.807, 2.05) is 6.20 Å². The molecule has 0 fully saturated rings. The molecule has 0 aliphatic rings. The maximum absolute atomic E-state index is 4.31. The van der Waals surface area contributed by atoms with Gasteiger partial charge in [0.1, 0.15) is 5.82 Å². The predicted molar refractivity (Wildman–Crippen MR) is 64.0 cm³/mol. The predicted octanol–water partition coefficient (Wildman–Crippen LogP) is 2.22. The quantitative estimate of drug-likeness (QED) is 0.778. The lowest BCUT2D eigenvalue weighted by atomic mass is 10.0. The van der Waals surface area contributed by atoms with Crippen LogP contribution in [0.2, 0.25) is 0 Å². The Balaban J connectivity index is 2.38. The van der Waals surface area contributed by atoms with Crippen molar-refractivity contribution in [3.63, 3.8) is 0 Å². The van der Waals surface area contributed by atoms with E-state index < -0.39 is 0 Å². The molecule has 1 rings (SSSR count). The first-order valence-corrected chi connectivity index (χ1v) is 5.84. The summed E-state index contributed by atoms with van der Waals surface area (Å²) < 4.78 is 2.22. The number of hydrogen-bond acceptors (Lipinski definition) is 2. The highest BCUT2D eigenvalue weighted by Crippen LogP contribution is 2.06. The molecule has 0 atom stereocenters. The Morgan fingerprint density at radius 2 is 2.13 bits per heavy atom. The standard InChI is InChI=1S/C12H23N3/c1-5-11-13-7-9-15(11)10-8-14-12(3,4)6-2/h7,9,14H,5-6,8,10H2,1-4H3. The van der Waals surface area contributed by atoms with Gasteiger partial charge in [-0.3, -0.25) is 0 Å². The van der Waals surface area contributed by atoms with E-state index in [0.717, 1.165) is 25.9 Å². The molecule has 0 amide bonds. The normalized spacial score (nSPS) is 12.0. The van der Waals surface area contributed by atoms with Gasteiger partial charge in [-0.25, -0.2) is 4.98 Å². The zero-order valence-corrected chi connectivity index (χ0v) is 10.4. The zero-order chi connectivity index (χ0) is 11.3. The van der Waals surface area contributed by atoms with Gasteiger partial charge in [0.05, 0.1) is 0 Å². The highest BCUT2D eigenvalue weighted by molar-refractivity contribution is 4.91. The summed E-state index contributed by atoms with van der Waals surface area (Å²) in [5.74, 6) is 1.17. The van der Waals surface area contributed by atoms with E-state index in [0.29, 0.717) is 0 Å². The van der Waals surface area contributed by atoms with Crippen molar-refractivity contribution in [3.8, 4) is 0 Å². The van der Waals surface area contributed by atoms with Gasteiger partial charge in [-0.05, 0) is 20.3 Å². The first-order valence-electron chi connectivity index (χ1n) is 5.84. The lowest BCUT2D eigenvalue weighted by Crippen LogP contribution is -2.40. The Morgan fingerprint density at radius 3 is 2.73 bits per heavy atom. The summed E-state index contributed by atoms with van der Waals surface area (Å²) in [4.78, 5) is 4.31. The summed E-state index contributed by atoms with van der Waals surface area (Å²) in [6.45, 7) is 10.8. The molecule has 0 saturated heterocycles. The van der Waals surface area contributed by atoms with Crippen LogP contribution >= 0.6 is 0 Å². The highest BCUT2D eigenvalue weighted by Gasteiger charge is 2.12. The summed E-state index contributed by atoms with van der Waals surface area (Å²) in [7, 11) is 0. The largest absolute Gasteiger partial charge is 0.334 e. The molecule has 1 aromatic rings. The molecule has 0 aliphatic carbocycles. The van der Waals surface area contributed by atoms with Crippen LogP contribution in [0.3, 0.4) is 0 Å². The molecule has 1 N–H and O–H groups in total. The molecule has 86 valence electrons. The Labute approximate surface area is 92.9 Å². The first kappa shape index (κ1) is 12.2. The molecule has 0 spiro atoms. The van der Waals surface area contributed by atoms with Gasteiger partial charge >= 0.3 is 0 Å². The van der Waals surface area contributed by atoms with Gasteiger partial charge in [-0.15, -0.1) is 0 Å². The third-order valence-corrected chi connectivity index (χ3v) is 2.96. The van der Waals surface area contributed by atoms with Crippen molar-refractivity contribution in [2.45, 2.75) is 52.6 Å². The van der Waals surface area contributed by atoms with E-state index in [4.69, 9.17) is 0 Å². The summed E-state index contributed by atoms with van der Waals surface area (Å²) in [6.07, 6.45) is 6.09. The summed E-state index contributed by atoms with van der Waals surface area (Å²) >= 11 is 0. The minimum Gasteiger partial charge on any atom is -0.334 e. The molecule has 15 heavy (non-hydrogen) atoms. The van der Waals surface area contributed by atoms with E-state index in [-0.39, 0.29) is 5.54 Å². The maximum Gasteiger partial charge on any atom is 0.108 e. The van der Waals surface area contributed by atoms with E-state index >= 15 is 0 Å². The molecule has 0 aliphatic heterocycles. The second kappa shape index (κ2) is 5.31. The van der Waals surface area contributed by atoms with Crippen molar-refractivity contribution >= 4 is 0 Å². The maximum atomic E-state index is 4.31. The molecule has 0 bridgehead atoms. The fraction of sp³-hybridized carbons (Fsp3) is 0.750. The van der Waals surface area contributed by atoms with Crippen molar-refractivity contribution < 1.29 is 0 Å². The number of aromatic nitrogens is 2. The van der Waals surface area contributed by atoms with Crippen molar-refractivity contribution in [1.29, 1.82) is 0 Å². The molecule has 3 nitrogen and oxygen atoms in total. The molecular formula is C12H23N3. The van der Waals surface area contributed by atoms with Crippen molar-refractivity contribution in [1.82, 2.24) is 14.9 Å². The zero-order valence-electron chi connectivity index (χ0n) is 10.4. The highest BCUT2D eigenvalue weighted by atomic mass is 15.1. The molecule has 0 aromatic carbocycles. The molecule has 0 radical (unpaired) electrons. The minimum atomic E-state index is 0.243. The lowest BCUT2D eigenvalue weighted by molar-refractivity contribution is 0.366. The van der Waals surface area contributed by atoms with Crippen LogP contribution in [0.5, 0.6) is 0 Å². The van der Waals surface area contributed by atoms with E-state index in [1.54, 1.807) is 0 Å². The number of rotatable bonds is 6. The van der Waals surface area contributed by atoms with Crippen LogP contribution in [0.15, 0.2) is 12.4 Å². The van der Waals surface area contributed by atoms with Crippen molar-refractivity contribution in [3.05, 3.63) is 18.2 Å². The third kappa shape index (κ3) is 3.67. The number of nitrogens with zero attached hydrogens (tertiary/aromatic N) is 2. The van der Waals surface area contributed by atoms with E-state index in [1.165, 1.54) is 5.82 Å². The fourth-order valence-electron chi connectivity index (χ4n) is 1.50. The average molecular weight is 209 g/mol. The van der Waals surface area contributed by atoms with E-state index in [2.05, 4.69) is 48.8 Å². The van der Waals surface area contributed by atoms with Gasteiger partial charge in [-0.1, -0.05) is 13.8 Å². The van der Waals surface area contributed by atoms with Crippen LogP contribution in [-0.4, -0.2) is 21.6 Å². The van der Waals surface area contributed by atoms with Gasteiger partial charge in [0.25, 0.3) is 0 Å². The van der Waals surface area contributed by atoms with Gasteiger partial charge in [0.2, 0.25) is 0 Å². The van der Waals surface area contributed by atoms with E-state index in [9.17, 15) is 0 Å². The molecule has 0 saturated carbocycles. The van der Waals surface area contributed by atoms with Crippen LogP contribution < -0.4 is 5.32 Å². The molecule has 1 aromatic heterocycles. The number of aryl methyl sites for hydroxylation is 1. The molecule has 1 heterocycles. The third-order valence-electron chi connectivity index (χ3n) is 2.96. The summed E-state index contributed by atoms with van der Waals surface area (Å²) in [6, 6.07) is 0. The van der Waals surface area contributed by atoms with Crippen LogP contribution in [0.1, 0.15) is 39.9 Å². The van der Waals surface area contributed by atoms with Crippen molar-refractivity contribution in [2.24, 2.45) is 0 Å². The van der Waals surface area contributed by atoms with Gasteiger partial charge < -0.3 is 9.88 Å². The Hall–Kier alpha value is -0.830. The van der Waals surface area contributed by atoms with Crippen LogP contribution in [-0.2, 0) is 13.0 Å². The van der Waals surface area contributed by atoms with Crippen LogP contribution in [0.25, 0.3) is 0 Å². The smallest absolute Gasteiger partial charge is 0.108 e. The van der Waals surface area contributed by atoms with Gasteiger partial charge in [0.15, 0.2) is 0 Å². The fourth-order valence-corrected chi connectivity index (χ4v) is 1.50. The lowest BCUT2D eigenvalue weighted by Gasteiger charge is -2.24. The average Bonchev–Trinajstić information content (AvgIpc) is 2.65. The summed E-state index contributed by atoms with van der Waals surface area (Å²) in [5.41, 5.74) is 0.243. The number of nitrogens with one attached hydrogen (secondary N) is 1. The van der Waals surface area contributed by atoms with Gasteiger partial charge in [-0.2, -0.15) is 0 Å². The molecule has 3 heteroatoms. The van der Waals surface area contributed by atoms with Crippen LogP contribution in [0, 0.1) is 0 Å². The van der Waals surface area contributed by atoms with Gasteiger partial charge in [0, 0.05) is 37.4 Å². The SMILES string of the molecule is CCc1nccn1CCNC(C)(C)CC. The topological polar surface area (TPSA) is 29.9 Å². The molecule has 0 unspecified atom stereocenters. The Kier molecular flexibility index (Phi) is 4.33. The Morgan fingerprint density at radius 1 is 1.40 bits per heavy atom. The second-order valence-electron chi connectivity index (χ2n) is 4.55. The first-order chi connectivity index (χ1) is 7.09. The molecular weight excluding hydrogens is 186 g/mol. The monoisotopic (exact) mass is 209 g/mol. The van der Waals surface area contributed by atoms with Crippen LogP contribution in [0.4, 0.5) is 0 Å². The van der Waals surface area contributed by atoms with Crippen molar-refractivity contribution in [2.75, 3.05) is 6.54 Å².